The summed E-state index contributed by atoms with van der Waals surface area (Å²) in [7, 11) is 1.64. The second-order valence-electron chi connectivity index (χ2n) is 31.3. The van der Waals surface area contributed by atoms with E-state index in [1.807, 2.05) is 0 Å². The molecule has 0 radical (unpaired) electrons. The highest BCUT2D eigenvalue weighted by atomic mass is 16.6. The molecule has 0 saturated carbocycles. The minimum absolute atomic E-state index is 0.0165. The van der Waals surface area contributed by atoms with E-state index in [4.69, 9.17) is 114 Å². The van der Waals surface area contributed by atoms with Crippen LogP contribution in [-0.2, 0) is 146 Å². The smallest absolute Gasteiger partial charge is 0.344 e. The number of nitrogens with one attached hydrogen (secondary N) is 2. The lowest BCUT2D eigenvalue weighted by Gasteiger charge is -2.20. The van der Waals surface area contributed by atoms with Crippen LogP contribution in [0.15, 0.2) is 97.1 Å². The molecule has 2 aliphatic heterocycles. The quantitative estimate of drug-likeness (QED) is 0.0273. The molecule has 2 unspecified atom stereocenters. The van der Waals surface area contributed by atoms with Gasteiger partial charge in [-0.25, -0.2) is 14.4 Å². The van der Waals surface area contributed by atoms with Gasteiger partial charge in [0, 0.05) is 39.4 Å². The summed E-state index contributed by atoms with van der Waals surface area (Å²) in [6.45, 7) is 25.3. The van der Waals surface area contributed by atoms with E-state index in [0.717, 1.165) is 5.56 Å². The number of carboxylic acid groups (broad SMARTS) is 1. The molecular formula is C94H140N4O35. The number of hydrogen-bond acceptors (Lipinski definition) is 34. The Labute approximate surface area is 779 Å². The van der Waals surface area contributed by atoms with Crippen LogP contribution in [0.4, 0.5) is 0 Å². The van der Waals surface area contributed by atoms with Crippen LogP contribution in [0.2, 0.25) is 0 Å². The average Bonchev–Trinajstić information content (AvgIpc) is 1.65. The molecule has 2 atom stereocenters. The average molecular weight is 1890 g/mol. The van der Waals surface area contributed by atoms with Crippen LogP contribution in [0, 0.1) is 0 Å². The van der Waals surface area contributed by atoms with Crippen molar-refractivity contribution in [2.24, 2.45) is 0 Å². The Hall–Kier alpha value is -9.02. The van der Waals surface area contributed by atoms with Crippen molar-refractivity contribution in [3.63, 3.8) is 0 Å². The number of imide groups is 2. The second-order valence-corrected chi connectivity index (χ2v) is 31.3. The van der Waals surface area contributed by atoms with Gasteiger partial charge in [-0.15, -0.1) is 0 Å². The van der Waals surface area contributed by atoms with Crippen molar-refractivity contribution < 1.29 is 167 Å². The first-order valence-corrected chi connectivity index (χ1v) is 45.0. The largest absolute Gasteiger partial charge is 0.482 e. The van der Waals surface area contributed by atoms with E-state index < -0.39 is 47.1 Å². The van der Waals surface area contributed by atoms with Crippen LogP contribution < -0.4 is 20.1 Å². The highest BCUT2D eigenvalue weighted by molar-refractivity contribution is 6.22. The number of ether oxygens (including phenoxy) is 24. The van der Waals surface area contributed by atoms with Gasteiger partial charge in [-0.3, -0.25) is 43.4 Å². The van der Waals surface area contributed by atoms with Crippen LogP contribution in [0.25, 0.3) is 0 Å². The second kappa shape index (κ2) is 71.5. The SMILES string of the molecule is CC(C)(C)OC(=O)COc1ccc(CC(NC(=O)CCOCCOCCOCCOCCN2C(=O)c3ccccc3C2=O)C(=O)O)cc1.COCCOCCOCCOCCOCCOCCOCCOCCOCCOCCOCCOCCCC(=O)C(Cc1ccc(OCC(=O)OC(C)(C)C)cc1)NC(=O)CCOCCOCCOCCOCCN1C(=O)c2ccccc2C1=O. The van der Waals surface area contributed by atoms with Gasteiger partial charge in [-0.2, -0.15) is 0 Å². The molecule has 3 N–H and O–H groups in total. The number of hydrogen-bond donors (Lipinski definition) is 3. The lowest BCUT2D eigenvalue weighted by atomic mass is 9.99. The molecule has 746 valence electrons. The molecule has 4 aromatic carbocycles. The molecule has 39 nitrogen and oxygen atoms in total. The summed E-state index contributed by atoms with van der Waals surface area (Å²) < 4.78 is 131. The van der Waals surface area contributed by atoms with E-state index in [0.29, 0.717) is 251 Å². The Kier molecular flexibility index (Phi) is 61.5. The predicted octanol–water partition coefficient (Wildman–Crippen LogP) is 5.64. The van der Waals surface area contributed by atoms with Crippen LogP contribution in [0.5, 0.6) is 11.5 Å². The summed E-state index contributed by atoms with van der Waals surface area (Å²) in [4.78, 5) is 126. The number of nitrogens with zero attached hydrogens (tertiary/aromatic N) is 2. The Balaban J connectivity index is 0.000000548. The van der Waals surface area contributed by atoms with E-state index in [1.165, 1.54) is 9.80 Å². The van der Waals surface area contributed by atoms with Crippen molar-refractivity contribution in [1.29, 1.82) is 0 Å². The van der Waals surface area contributed by atoms with Gasteiger partial charge in [-0.1, -0.05) is 48.5 Å². The number of carboxylic acids is 1. The van der Waals surface area contributed by atoms with Crippen molar-refractivity contribution in [3.05, 3.63) is 130 Å². The van der Waals surface area contributed by atoms with Crippen LogP contribution in [0.1, 0.15) is 120 Å². The van der Waals surface area contributed by atoms with Crippen LogP contribution in [0.3, 0.4) is 0 Å². The summed E-state index contributed by atoms with van der Waals surface area (Å²) in [6, 6.07) is 25.1. The molecule has 0 bridgehead atoms. The normalized spacial score (nSPS) is 12.9. The Morgan fingerprint density at radius 2 is 0.549 bits per heavy atom. The number of carbonyl (C=O) groups is 10. The van der Waals surface area contributed by atoms with E-state index in [-0.39, 0.29) is 147 Å². The van der Waals surface area contributed by atoms with Crippen molar-refractivity contribution in [1.82, 2.24) is 20.4 Å². The molecule has 0 aromatic heterocycles. The van der Waals surface area contributed by atoms with Crippen molar-refractivity contribution in [2.45, 2.75) is 103 Å². The summed E-state index contributed by atoms with van der Waals surface area (Å²) in [5, 5.41) is 15.0. The van der Waals surface area contributed by atoms with Gasteiger partial charge in [-0.05, 0) is 114 Å². The van der Waals surface area contributed by atoms with Crippen LogP contribution >= 0.6 is 0 Å². The summed E-state index contributed by atoms with van der Waals surface area (Å²) in [6.07, 6.45) is 0.952. The van der Waals surface area contributed by atoms with Gasteiger partial charge in [0.15, 0.2) is 19.0 Å². The number of fused-ring (bicyclic) bond motifs is 2. The summed E-state index contributed by atoms with van der Waals surface area (Å²) in [5.74, 6) is -3.47. The third-order valence-electron chi connectivity index (χ3n) is 18.4. The molecule has 0 spiro atoms. The predicted molar refractivity (Wildman–Crippen MR) is 479 cm³/mol. The number of ketones is 1. The first-order valence-electron chi connectivity index (χ1n) is 45.0. The van der Waals surface area contributed by atoms with Gasteiger partial charge in [0.2, 0.25) is 11.8 Å². The fourth-order valence-electron chi connectivity index (χ4n) is 11.9. The van der Waals surface area contributed by atoms with Crippen LogP contribution in [-0.4, -0.2) is 388 Å². The van der Waals surface area contributed by atoms with E-state index in [2.05, 4.69) is 10.6 Å². The van der Waals surface area contributed by atoms with E-state index in [9.17, 15) is 53.1 Å². The topological polar surface area (TPSA) is 443 Å². The molecule has 133 heavy (non-hydrogen) atoms. The third-order valence-corrected chi connectivity index (χ3v) is 18.4. The number of esters is 2. The summed E-state index contributed by atoms with van der Waals surface area (Å²) in [5.41, 5.74) is 1.83. The molecule has 6 rings (SSSR count). The Morgan fingerprint density at radius 3 is 0.812 bits per heavy atom. The lowest BCUT2D eigenvalue weighted by Crippen LogP contribution is -2.42. The number of rotatable bonds is 81. The molecule has 0 saturated heterocycles. The summed E-state index contributed by atoms with van der Waals surface area (Å²) >= 11 is 0. The Morgan fingerprint density at radius 1 is 0.308 bits per heavy atom. The molecule has 0 aliphatic carbocycles. The monoisotopic (exact) mass is 1880 g/mol. The minimum Gasteiger partial charge on any atom is -0.482 e. The molecular weight excluding hydrogens is 1750 g/mol. The molecule has 4 aromatic rings. The number of carbonyl (C=O) groups excluding carboxylic acids is 9. The van der Waals surface area contributed by atoms with Gasteiger partial charge < -0.3 is 129 Å². The third kappa shape index (κ3) is 55.0. The number of amides is 6. The van der Waals surface area contributed by atoms with E-state index in [1.54, 1.807) is 146 Å². The maximum absolute atomic E-state index is 13.5. The number of benzene rings is 4. The highest BCUT2D eigenvalue weighted by Crippen LogP contribution is 2.25. The Bertz CT molecular complexity index is 3810. The maximum atomic E-state index is 13.5. The first kappa shape index (κ1) is 114. The van der Waals surface area contributed by atoms with Gasteiger partial charge in [0.05, 0.1) is 292 Å². The molecule has 6 amide bonds. The fourth-order valence-corrected chi connectivity index (χ4v) is 11.9. The molecule has 39 heteroatoms. The van der Waals surface area contributed by atoms with Gasteiger partial charge in [0.25, 0.3) is 23.6 Å². The van der Waals surface area contributed by atoms with Crippen molar-refractivity contribution in [2.75, 3.05) is 291 Å². The van der Waals surface area contributed by atoms with Gasteiger partial charge in [0.1, 0.15) is 28.7 Å². The zero-order valence-electron chi connectivity index (χ0n) is 78.3. The van der Waals surface area contributed by atoms with Crippen molar-refractivity contribution >= 4 is 59.1 Å². The highest BCUT2D eigenvalue weighted by Gasteiger charge is 2.36. The molecule has 2 heterocycles. The zero-order chi connectivity index (χ0) is 96.0. The fraction of sp³-hybridized carbons (Fsp3) is 0.638. The molecule has 2 aliphatic rings. The zero-order valence-corrected chi connectivity index (χ0v) is 78.3. The number of Topliss-reactive ketones (excluding diaryl/α,β-unsaturated/α-hetero) is 1. The van der Waals surface area contributed by atoms with Gasteiger partial charge >= 0.3 is 17.9 Å². The first-order chi connectivity index (χ1) is 64.4. The lowest BCUT2D eigenvalue weighted by molar-refractivity contribution is -0.158. The van der Waals surface area contributed by atoms with Crippen molar-refractivity contribution in [3.8, 4) is 11.5 Å². The number of methoxy groups -OCH3 is 1. The number of aliphatic carboxylic acids is 1. The standard InChI is InChI=1S/C60H96N2O23.C34H44N2O12/c1-60(2,3)85-57(65)49-84-51-13-11-50(12-14-51)48-54(61-56(64)15-18-70-23-26-74-31-32-75-27-24-71-19-16-62-58(66)52-8-5-6-9-53(52)59(62)67)55(63)10-7-17-69-22-25-73-30-33-77-36-37-79-40-41-81-44-45-83-47-46-82-43-42-80-39-38-78-35-34-76-29-28-72-21-20-68-4;1-34(2,3)48-30(38)23-47-25-10-8-24(9-11-25)22-28(33(41)42)35-29(37)12-14-43-16-18-45-20-21-46-19-17-44-15-13-36-31(39)26-6-4-5-7-27(26)32(36)40/h5-6,8-9,11-14,54H,7,10,15-49H2,1-4H3,(H,61,64);4-11,28H,12-23H2,1-3H3,(H,35,37)(H,41,42). The van der Waals surface area contributed by atoms with E-state index >= 15 is 0 Å². The maximum Gasteiger partial charge on any atom is 0.344 e. The minimum atomic E-state index is -1.17. The molecule has 0 fully saturated rings.